The van der Waals surface area contributed by atoms with Crippen LogP contribution in [0.2, 0.25) is 0 Å². The number of carbonyl (C=O) groups excluding carboxylic acids is 1. The number of methoxy groups -OCH3 is 2. The van der Waals surface area contributed by atoms with Gasteiger partial charge in [0.25, 0.3) is 5.78 Å². The normalized spacial score (nSPS) is 9.69. The number of carbonyl (C=O) groups is 2. The molecule has 1 rings (SSSR count). The molecule has 16 heavy (non-hydrogen) atoms. The molecule has 0 radical (unpaired) electrons. The van der Waals surface area contributed by atoms with Crippen molar-refractivity contribution in [3.8, 4) is 11.5 Å². The summed E-state index contributed by atoms with van der Waals surface area (Å²) in [7, 11) is 2.42. The first kappa shape index (κ1) is 12.0. The lowest BCUT2D eigenvalue weighted by Gasteiger charge is -2.09. The van der Waals surface area contributed by atoms with Crippen LogP contribution in [0.5, 0.6) is 11.5 Å². The van der Waals surface area contributed by atoms with Gasteiger partial charge in [-0.3, -0.25) is 4.79 Å². The molecular formula is C10H9FO5. The number of carboxylic acids is 1. The van der Waals surface area contributed by atoms with E-state index in [1.54, 1.807) is 0 Å². The summed E-state index contributed by atoms with van der Waals surface area (Å²) in [4.78, 5) is 21.7. The largest absolute Gasteiger partial charge is 0.496 e. The molecule has 0 bridgehead atoms. The summed E-state index contributed by atoms with van der Waals surface area (Å²) in [5, 5.41) is 8.53. The van der Waals surface area contributed by atoms with Crippen LogP contribution in [0, 0.1) is 5.82 Å². The van der Waals surface area contributed by atoms with Gasteiger partial charge in [0.05, 0.1) is 14.2 Å². The van der Waals surface area contributed by atoms with Crippen molar-refractivity contribution < 1.29 is 28.6 Å². The Kier molecular flexibility index (Phi) is 3.44. The third kappa shape index (κ3) is 1.95. The van der Waals surface area contributed by atoms with E-state index in [1.807, 2.05) is 0 Å². The molecule has 86 valence electrons. The van der Waals surface area contributed by atoms with Gasteiger partial charge in [0.2, 0.25) is 0 Å². The van der Waals surface area contributed by atoms with Gasteiger partial charge in [0.15, 0.2) is 11.6 Å². The highest BCUT2D eigenvalue weighted by Crippen LogP contribution is 2.29. The molecule has 0 unspecified atom stereocenters. The summed E-state index contributed by atoms with van der Waals surface area (Å²) in [6, 6.07) is 2.50. The predicted molar refractivity (Wildman–Crippen MR) is 51.5 cm³/mol. The van der Waals surface area contributed by atoms with Crippen LogP contribution in [0.25, 0.3) is 0 Å². The fraction of sp³-hybridized carbons (Fsp3) is 0.200. The Bertz CT molecular complexity index is 441. The molecule has 0 saturated heterocycles. The highest BCUT2D eigenvalue weighted by atomic mass is 19.1. The second kappa shape index (κ2) is 4.61. The monoisotopic (exact) mass is 228 g/mol. The lowest BCUT2D eigenvalue weighted by atomic mass is 10.1. The van der Waals surface area contributed by atoms with Crippen molar-refractivity contribution in [2.45, 2.75) is 0 Å². The number of ether oxygens (including phenoxy) is 2. The number of ketones is 1. The predicted octanol–water partition coefficient (Wildman–Crippen LogP) is 1.11. The van der Waals surface area contributed by atoms with Crippen LogP contribution in [0.3, 0.4) is 0 Å². The number of carboxylic acid groups (broad SMARTS) is 1. The first-order chi connectivity index (χ1) is 7.52. The minimum absolute atomic E-state index is 0.147. The minimum atomic E-state index is -1.76. The molecule has 5 nitrogen and oxygen atoms in total. The molecule has 0 atom stereocenters. The van der Waals surface area contributed by atoms with Crippen molar-refractivity contribution in [3.63, 3.8) is 0 Å². The molecule has 0 spiro atoms. The molecule has 0 aliphatic rings. The Hall–Kier alpha value is -2.11. The zero-order chi connectivity index (χ0) is 12.3. The van der Waals surface area contributed by atoms with Crippen LogP contribution < -0.4 is 9.47 Å². The molecule has 0 aromatic heterocycles. The average molecular weight is 228 g/mol. The Morgan fingerprint density at radius 2 is 1.69 bits per heavy atom. The Morgan fingerprint density at radius 1 is 1.19 bits per heavy atom. The maximum absolute atomic E-state index is 13.6. The highest BCUT2D eigenvalue weighted by Gasteiger charge is 2.26. The van der Waals surface area contributed by atoms with Gasteiger partial charge < -0.3 is 14.6 Å². The standard InChI is InChI=1S/C10H9FO5/c1-15-5-3-4-6(16-2)8(11)7(5)9(12)10(13)14/h3-4H,1-2H3,(H,13,14). The van der Waals surface area contributed by atoms with Gasteiger partial charge in [-0.25, -0.2) is 9.18 Å². The molecule has 0 aliphatic carbocycles. The fourth-order valence-corrected chi connectivity index (χ4v) is 1.19. The van der Waals surface area contributed by atoms with Gasteiger partial charge in [-0.2, -0.15) is 0 Å². The van der Waals surface area contributed by atoms with E-state index in [4.69, 9.17) is 9.84 Å². The molecule has 0 saturated carbocycles. The van der Waals surface area contributed by atoms with Crippen LogP contribution in [-0.4, -0.2) is 31.1 Å². The van der Waals surface area contributed by atoms with Gasteiger partial charge in [0, 0.05) is 0 Å². The summed E-state index contributed by atoms with van der Waals surface area (Å²) in [6.07, 6.45) is 0. The van der Waals surface area contributed by atoms with E-state index in [1.165, 1.54) is 26.4 Å². The summed E-state index contributed by atoms with van der Waals surface area (Å²) < 4.78 is 23.0. The fourth-order valence-electron chi connectivity index (χ4n) is 1.19. The number of rotatable bonds is 4. The van der Waals surface area contributed by atoms with E-state index in [9.17, 15) is 14.0 Å². The SMILES string of the molecule is COc1ccc(OC)c(C(=O)C(=O)O)c1F. The molecule has 1 N–H and O–H groups in total. The van der Waals surface area contributed by atoms with Gasteiger partial charge in [-0.1, -0.05) is 0 Å². The first-order valence-corrected chi connectivity index (χ1v) is 4.21. The van der Waals surface area contributed by atoms with Crippen molar-refractivity contribution in [2.24, 2.45) is 0 Å². The Labute approximate surface area is 90.4 Å². The maximum atomic E-state index is 13.6. The van der Waals surface area contributed by atoms with Crippen molar-refractivity contribution in [1.29, 1.82) is 0 Å². The molecule has 0 fully saturated rings. The van der Waals surface area contributed by atoms with Crippen LogP contribution in [-0.2, 0) is 4.79 Å². The number of aliphatic carboxylic acids is 1. The van der Waals surface area contributed by atoms with Crippen LogP contribution in [0.15, 0.2) is 12.1 Å². The quantitative estimate of drug-likeness (QED) is 0.617. The molecule has 0 aliphatic heterocycles. The molecule has 6 heteroatoms. The van der Waals surface area contributed by atoms with Crippen LogP contribution >= 0.6 is 0 Å². The third-order valence-corrected chi connectivity index (χ3v) is 1.93. The van der Waals surface area contributed by atoms with Crippen LogP contribution in [0.4, 0.5) is 4.39 Å². The number of halogens is 1. The second-order valence-corrected chi connectivity index (χ2v) is 2.79. The van der Waals surface area contributed by atoms with E-state index in [0.717, 1.165) is 0 Å². The number of Topliss-reactive ketones (excluding diaryl/α,β-unsaturated/α-hetero) is 1. The molecule has 0 amide bonds. The van der Waals surface area contributed by atoms with E-state index in [-0.39, 0.29) is 11.5 Å². The van der Waals surface area contributed by atoms with Gasteiger partial charge in [-0.05, 0) is 12.1 Å². The van der Waals surface area contributed by atoms with Crippen molar-refractivity contribution in [2.75, 3.05) is 14.2 Å². The van der Waals surface area contributed by atoms with E-state index < -0.39 is 23.1 Å². The number of benzene rings is 1. The molecule has 1 aromatic carbocycles. The topological polar surface area (TPSA) is 72.8 Å². The smallest absolute Gasteiger partial charge is 0.377 e. The lowest BCUT2D eigenvalue weighted by Crippen LogP contribution is -2.16. The average Bonchev–Trinajstić information content (AvgIpc) is 2.27. The highest BCUT2D eigenvalue weighted by molar-refractivity contribution is 6.40. The second-order valence-electron chi connectivity index (χ2n) is 2.79. The first-order valence-electron chi connectivity index (χ1n) is 4.21. The number of hydrogen-bond donors (Lipinski definition) is 1. The summed E-state index contributed by atoms with van der Waals surface area (Å²) >= 11 is 0. The zero-order valence-corrected chi connectivity index (χ0v) is 8.61. The lowest BCUT2D eigenvalue weighted by molar-refractivity contribution is -0.131. The molecule has 0 heterocycles. The third-order valence-electron chi connectivity index (χ3n) is 1.93. The summed E-state index contributed by atoms with van der Waals surface area (Å²) in [6.45, 7) is 0. The van der Waals surface area contributed by atoms with Gasteiger partial charge >= 0.3 is 5.97 Å². The van der Waals surface area contributed by atoms with Crippen LogP contribution in [0.1, 0.15) is 10.4 Å². The Balaban J connectivity index is 3.43. The van der Waals surface area contributed by atoms with Crippen molar-refractivity contribution in [1.82, 2.24) is 0 Å². The zero-order valence-electron chi connectivity index (χ0n) is 8.61. The molecule has 1 aromatic rings. The summed E-state index contributed by atoms with van der Waals surface area (Å²) in [5.41, 5.74) is -0.644. The van der Waals surface area contributed by atoms with E-state index in [2.05, 4.69) is 4.74 Å². The van der Waals surface area contributed by atoms with Gasteiger partial charge in [0.1, 0.15) is 11.3 Å². The Morgan fingerprint density at radius 3 is 2.12 bits per heavy atom. The number of hydrogen-bond acceptors (Lipinski definition) is 4. The van der Waals surface area contributed by atoms with E-state index in [0.29, 0.717) is 0 Å². The van der Waals surface area contributed by atoms with E-state index >= 15 is 0 Å². The summed E-state index contributed by atoms with van der Waals surface area (Å²) in [5.74, 6) is -4.55. The molecular weight excluding hydrogens is 219 g/mol. The van der Waals surface area contributed by atoms with Crippen molar-refractivity contribution in [3.05, 3.63) is 23.5 Å². The van der Waals surface area contributed by atoms with Gasteiger partial charge in [-0.15, -0.1) is 0 Å². The van der Waals surface area contributed by atoms with Crippen molar-refractivity contribution >= 4 is 11.8 Å². The maximum Gasteiger partial charge on any atom is 0.377 e. The minimum Gasteiger partial charge on any atom is -0.496 e.